The Kier molecular flexibility index (Phi) is 6.97. The summed E-state index contributed by atoms with van der Waals surface area (Å²) < 4.78 is 32.9. The average Bonchev–Trinajstić information content (AvgIpc) is 2.74. The quantitative estimate of drug-likeness (QED) is 0.526. The van der Waals surface area contributed by atoms with Crippen LogP contribution in [0.25, 0.3) is 0 Å². The summed E-state index contributed by atoms with van der Waals surface area (Å²) in [6, 6.07) is 20.1. The van der Waals surface area contributed by atoms with Gasteiger partial charge in [0.1, 0.15) is 5.75 Å². The number of methoxy groups -OCH3 is 1. The molecule has 0 aliphatic carbocycles. The Bertz CT molecular complexity index is 1130. The van der Waals surface area contributed by atoms with E-state index < -0.39 is 10.0 Å². The molecule has 2 N–H and O–H groups in total. The topological polar surface area (TPSA) is 84.5 Å². The molecule has 156 valence electrons. The number of halogens is 1. The van der Waals surface area contributed by atoms with Gasteiger partial charge in [-0.25, -0.2) is 8.42 Å². The number of rotatable bonds is 8. The molecule has 0 radical (unpaired) electrons. The van der Waals surface area contributed by atoms with Crippen molar-refractivity contribution in [3.8, 4) is 5.75 Å². The van der Waals surface area contributed by atoms with Crippen LogP contribution in [0.5, 0.6) is 5.75 Å². The fourth-order valence-corrected chi connectivity index (χ4v) is 4.13. The molecule has 0 bridgehead atoms. The number of carbonyl (C=O) groups excluding carboxylic acids is 1. The lowest BCUT2D eigenvalue weighted by molar-refractivity contribution is -0.116. The number of hydrogen-bond acceptors (Lipinski definition) is 4. The molecular formula is C22H21ClN2O4S. The van der Waals surface area contributed by atoms with Crippen LogP contribution in [-0.2, 0) is 21.2 Å². The monoisotopic (exact) mass is 444 g/mol. The van der Waals surface area contributed by atoms with E-state index in [1.165, 1.54) is 12.1 Å². The van der Waals surface area contributed by atoms with Gasteiger partial charge in [-0.2, -0.15) is 0 Å². The summed E-state index contributed by atoms with van der Waals surface area (Å²) in [7, 11) is -2.26. The highest BCUT2D eigenvalue weighted by atomic mass is 35.5. The van der Waals surface area contributed by atoms with Gasteiger partial charge in [0.05, 0.1) is 22.7 Å². The Morgan fingerprint density at radius 2 is 1.73 bits per heavy atom. The van der Waals surface area contributed by atoms with E-state index >= 15 is 0 Å². The average molecular weight is 445 g/mol. The summed E-state index contributed by atoms with van der Waals surface area (Å²) in [4.78, 5) is 12.3. The van der Waals surface area contributed by atoms with Crippen LogP contribution in [0.15, 0.2) is 77.7 Å². The van der Waals surface area contributed by atoms with E-state index in [0.29, 0.717) is 17.1 Å². The lowest BCUT2D eigenvalue weighted by Crippen LogP contribution is -2.15. The zero-order valence-corrected chi connectivity index (χ0v) is 17.8. The number of benzene rings is 3. The molecule has 0 spiro atoms. The highest BCUT2D eigenvalue weighted by Gasteiger charge is 2.16. The van der Waals surface area contributed by atoms with Crippen LogP contribution in [0.2, 0.25) is 5.02 Å². The molecule has 0 aliphatic heterocycles. The zero-order chi connectivity index (χ0) is 21.6. The molecule has 0 atom stereocenters. The summed E-state index contributed by atoms with van der Waals surface area (Å²) in [6.07, 6.45) is 0.822. The standard InChI is InChI=1S/C22H21ClN2O4S/c1-29-18-12-9-16(10-13-18)11-14-22(26)24-17-5-4-6-19(15-17)30(27,28)25-21-8-3-2-7-20(21)23/h2-10,12-13,15,25H,11,14H2,1H3,(H,24,26). The van der Waals surface area contributed by atoms with Crippen LogP contribution in [-0.4, -0.2) is 21.4 Å². The molecule has 0 aromatic heterocycles. The smallest absolute Gasteiger partial charge is 0.262 e. The van der Waals surface area contributed by atoms with Crippen LogP contribution < -0.4 is 14.8 Å². The van der Waals surface area contributed by atoms with Crippen molar-refractivity contribution >= 4 is 38.9 Å². The van der Waals surface area contributed by atoms with E-state index in [2.05, 4.69) is 10.0 Å². The second kappa shape index (κ2) is 9.65. The molecule has 0 saturated carbocycles. The Hall–Kier alpha value is -3.03. The number of nitrogens with one attached hydrogen (secondary N) is 2. The van der Waals surface area contributed by atoms with E-state index in [1.54, 1.807) is 43.5 Å². The molecule has 0 saturated heterocycles. The number of anilines is 2. The fraction of sp³-hybridized carbons (Fsp3) is 0.136. The Balaban J connectivity index is 1.64. The maximum atomic E-state index is 12.7. The molecular weight excluding hydrogens is 424 g/mol. The predicted molar refractivity (Wildman–Crippen MR) is 119 cm³/mol. The number of para-hydroxylation sites is 1. The largest absolute Gasteiger partial charge is 0.497 e. The van der Waals surface area contributed by atoms with Gasteiger partial charge >= 0.3 is 0 Å². The van der Waals surface area contributed by atoms with Gasteiger partial charge in [0.25, 0.3) is 10.0 Å². The number of hydrogen-bond donors (Lipinski definition) is 2. The minimum absolute atomic E-state index is 0.0235. The first kappa shape index (κ1) is 21.7. The van der Waals surface area contributed by atoms with Crippen molar-refractivity contribution < 1.29 is 17.9 Å². The Morgan fingerprint density at radius 3 is 2.43 bits per heavy atom. The van der Waals surface area contributed by atoms with Gasteiger partial charge in [0.15, 0.2) is 0 Å². The minimum Gasteiger partial charge on any atom is -0.497 e. The number of ether oxygens (including phenoxy) is 1. The van der Waals surface area contributed by atoms with Crippen molar-refractivity contribution in [1.29, 1.82) is 0 Å². The normalized spacial score (nSPS) is 11.0. The molecule has 0 fully saturated rings. The van der Waals surface area contributed by atoms with Crippen molar-refractivity contribution in [1.82, 2.24) is 0 Å². The minimum atomic E-state index is -3.85. The van der Waals surface area contributed by atoms with Crippen LogP contribution in [0.1, 0.15) is 12.0 Å². The lowest BCUT2D eigenvalue weighted by Gasteiger charge is -2.11. The Morgan fingerprint density at radius 1 is 1.00 bits per heavy atom. The molecule has 30 heavy (non-hydrogen) atoms. The van der Waals surface area contributed by atoms with E-state index in [0.717, 1.165) is 11.3 Å². The van der Waals surface area contributed by atoms with E-state index in [1.807, 2.05) is 24.3 Å². The third kappa shape index (κ3) is 5.75. The number of carbonyl (C=O) groups is 1. The first-order valence-electron chi connectivity index (χ1n) is 9.17. The maximum Gasteiger partial charge on any atom is 0.262 e. The number of aryl methyl sites for hydroxylation is 1. The van der Waals surface area contributed by atoms with Crippen LogP contribution in [0.4, 0.5) is 11.4 Å². The van der Waals surface area contributed by atoms with E-state index in [-0.39, 0.29) is 22.9 Å². The van der Waals surface area contributed by atoms with Gasteiger partial charge in [-0.15, -0.1) is 0 Å². The van der Waals surface area contributed by atoms with Crippen molar-refractivity contribution in [3.63, 3.8) is 0 Å². The molecule has 0 heterocycles. The van der Waals surface area contributed by atoms with E-state index in [9.17, 15) is 13.2 Å². The highest BCUT2D eigenvalue weighted by Crippen LogP contribution is 2.25. The lowest BCUT2D eigenvalue weighted by atomic mass is 10.1. The van der Waals surface area contributed by atoms with Gasteiger partial charge in [-0.3, -0.25) is 9.52 Å². The summed E-state index contributed by atoms with van der Waals surface area (Å²) in [5, 5.41) is 3.04. The van der Waals surface area contributed by atoms with Crippen molar-refractivity contribution in [2.45, 2.75) is 17.7 Å². The van der Waals surface area contributed by atoms with Crippen LogP contribution in [0, 0.1) is 0 Å². The molecule has 0 aliphatic rings. The van der Waals surface area contributed by atoms with Crippen LogP contribution in [0.3, 0.4) is 0 Å². The summed E-state index contributed by atoms with van der Waals surface area (Å²) in [5.74, 6) is 0.547. The van der Waals surface area contributed by atoms with E-state index in [4.69, 9.17) is 16.3 Å². The summed E-state index contributed by atoms with van der Waals surface area (Å²) in [6.45, 7) is 0. The van der Waals surface area contributed by atoms with Gasteiger partial charge in [-0.1, -0.05) is 41.9 Å². The SMILES string of the molecule is COc1ccc(CCC(=O)Nc2cccc(S(=O)(=O)Nc3ccccc3Cl)c2)cc1. The molecule has 3 rings (SSSR count). The van der Waals surface area contributed by atoms with Crippen molar-refractivity contribution in [3.05, 3.63) is 83.4 Å². The highest BCUT2D eigenvalue weighted by molar-refractivity contribution is 7.92. The summed E-state index contributed by atoms with van der Waals surface area (Å²) in [5.41, 5.74) is 1.69. The molecule has 8 heteroatoms. The molecule has 6 nitrogen and oxygen atoms in total. The molecule has 0 unspecified atom stereocenters. The second-order valence-electron chi connectivity index (χ2n) is 6.51. The van der Waals surface area contributed by atoms with Crippen molar-refractivity contribution in [2.75, 3.05) is 17.1 Å². The summed E-state index contributed by atoms with van der Waals surface area (Å²) >= 11 is 6.03. The fourth-order valence-electron chi connectivity index (χ4n) is 2.76. The number of sulfonamides is 1. The molecule has 1 amide bonds. The van der Waals surface area contributed by atoms with Crippen LogP contribution >= 0.6 is 11.6 Å². The third-order valence-corrected chi connectivity index (χ3v) is 6.04. The first-order valence-corrected chi connectivity index (χ1v) is 11.0. The number of amides is 1. The van der Waals surface area contributed by atoms with Gasteiger partial charge in [0.2, 0.25) is 5.91 Å². The van der Waals surface area contributed by atoms with Gasteiger partial charge in [-0.05, 0) is 54.4 Å². The molecule has 3 aromatic rings. The molecule has 3 aromatic carbocycles. The second-order valence-corrected chi connectivity index (χ2v) is 8.60. The van der Waals surface area contributed by atoms with Gasteiger partial charge in [0, 0.05) is 12.1 Å². The zero-order valence-electron chi connectivity index (χ0n) is 16.3. The van der Waals surface area contributed by atoms with Gasteiger partial charge < -0.3 is 10.1 Å². The predicted octanol–water partition coefficient (Wildman–Crippen LogP) is 4.72. The third-order valence-electron chi connectivity index (χ3n) is 4.35. The van der Waals surface area contributed by atoms with Crippen molar-refractivity contribution in [2.24, 2.45) is 0 Å². The Labute approximate surface area is 180 Å². The maximum absolute atomic E-state index is 12.7. The first-order chi connectivity index (χ1) is 14.4.